The number of pyridine rings is 1. The number of nitrogens with zero attached hydrogens (tertiary/aromatic N) is 1. The number of hydrogen-bond acceptors (Lipinski definition) is 4. The van der Waals surface area contributed by atoms with E-state index < -0.39 is 11.7 Å². The number of alkyl halides is 3. The van der Waals surface area contributed by atoms with Gasteiger partial charge in [0.15, 0.2) is 0 Å². The lowest BCUT2D eigenvalue weighted by atomic mass is 10.1. The van der Waals surface area contributed by atoms with Crippen molar-refractivity contribution >= 4 is 0 Å². The van der Waals surface area contributed by atoms with Crippen molar-refractivity contribution in [3.63, 3.8) is 0 Å². The molecule has 7 heteroatoms. The maximum atomic E-state index is 12.4. The quantitative estimate of drug-likeness (QED) is 0.672. The minimum Gasteiger partial charge on any atom is -0.508 e. The molecule has 0 aliphatic carbocycles. The maximum absolute atomic E-state index is 12.4. The Labute approximate surface area is 150 Å². The second-order valence-corrected chi connectivity index (χ2v) is 5.89. The lowest BCUT2D eigenvalue weighted by molar-refractivity contribution is -0.137. The van der Waals surface area contributed by atoms with Gasteiger partial charge in [0.1, 0.15) is 11.5 Å². The molecule has 0 saturated heterocycles. The fourth-order valence-corrected chi connectivity index (χ4v) is 2.48. The van der Waals surface area contributed by atoms with Crippen LogP contribution in [-0.4, -0.2) is 23.3 Å². The van der Waals surface area contributed by atoms with Crippen molar-refractivity contribution in [2.24, 2.45) is 0 Å². The average molecular weight is 369 g/mol. The van der Waals surface area contributed by atoms with Crippen molar-refractivity contribution in [2.45, 2.75) is 39.3 Å². The SMILES string of the molecule is CCc1cc(O)cc(C)c1OCCCCOc1ccc(C(F)(F)F)cn1. The lowest BCUT2D eigenvalue weighted by Gasteiger charge is -2.14. The Morgan fingerprint density at radius 1 is 1.08 bits per heavy atom. The molecule has 0 radical (unpaired) electrons. The predicted octanol–water partition coefficient (Wildman–Crippen LogP) is 4.91. The average Bonchev–Trinajstić information content (AvgIpc) is 2.58. The van der Waals surface area contributed by atoms with Gasteiger partial charge >= 0.3 is 6.18 Å². The van der Waals surface area contributed by atoms with Gasteiger partial charge in [0.25, 0.3) is 0 Å². The van der Waals surface area contributed by atoms with E-state index in [0.717, 1.165) is 42.0 Å². The second kappa shape index (κ2) is 8.78. The third kappa shape index (κ3) is 5.54. The van der Waals surface area contributed by atoms with Crippen LogP contribution >= 0.6 is 0 Å². The number of halogens is 3. The number of phenols is 1. The highest BCUT2D eigenvalue weighted by molar-refractivity contribution is 5.46. The molecule has 1 N–H and O–H groups in total. The molecule has 0 fully saturated rings. The molecule has 0 aliphatic heterocycles. The zero-order chi connectivity index (χ0) is 19.2. The van der Waals surface area contributed by atoms with Crippen molar-refractivity contribution in [2.75, 3.05) is 13.2 Å². The summed E-state index contributed by atoms with van der Waals surface area (Å²) in [6.07, 6.45) is -1.47. The topological polar surface area (TPSA) is 51.6 Å². The van der Waals surface area contributed by atoms with Crippen LogP contribution in [0.1, 0.15) is 36.5 Å². The molecule has 0 amide bonds. The van der Waals surface area contributed by atoms with E-state index in [-0.39, 0.29) is 11.6 Å². The van der Waals surface area contributed by atoms with Crippen LogP contribution < -0.4 is 9.47 Å². The molecule has 2 rings (SSSR count). The van der Waals surface area contributed by atoms with E-state index in [9.17, 15) is 18.3 Å². The van der Waals surface area contributed by atoms with Crippen molar-refractivity contribution in [3.05, 3.63) is 47.2 Å². The van der Waals surface area contributed by atoms with Crippen molar-refractivity contribution < 1.29 is 27.8 Å². The van der Waals surface area contributed by atoms with E-state index in [4.69, 9.17) is 9.47 Å². The first-order valence-corrected chi connectivity index (χ1v) is 8.42. The first kappa shape index (κ1) is 19.9. The molecule has 0 aliphatic rings. The predicted molar refractivity (Wildman–Crippen MR) is 91.7 cm³/mol. The summed E-state index contributed by atoms with van der Waals surface area (Å²) in [5.74, 6) is 1.18. The van der Waals surface area contributed by atoms with Gasteiger partial charge in [-0.2, -0.15) is 13.2 Å². The zero-order valence-corrected chi connectivity index (χ0v) is 14.8. The number of ether oxygens (including phenoxy) is 2. The number of benzene rings is 1. The molecule has 0 saturated carbocycles. The number of aryl methyl sites for hydroxylation is 2. The highest BCUT2D eigenvalue weighted by Gasteiger charge is 2.30. The molecule has 2 aromatic rings. The van der Waals surface area contributed by atoms with Crippen LogP contribution in [0.4, 0.5) is 13.2 Å². The van der Waals surface area contributed by atoms with Crippen LogP contribution in [0.2, 0.25) is 0 Å². The summed E-state index contributed by atoms with van der Waals surface area (Å²) in [6, 6.07) is 5.52. The number of rotatable bonds is 8. The Balaban J connectivity index is 1.73. The van der Waals surface area contributed by atoms with Crippen molar-refractivity contribution in [1.82, 2.24) is 4.98 Å². The molecule has 0 spiro atoms. The Morgan fingerprint density at radius 3 is 2.35 bits per heavy atom. The highest BCUT2D eigenvalue weighted by atomic mass is 19.4. The van der Waals surface area contributed by atoms with Gasteiger partial charge in [-0.1, -0.05) is 6.92 Å². The van der Waals surface area contributed by atoms with Crippen LogP contribution in [0.15, 0.2) is 30.5 Å². The van der Waals surface area contributed by atoms with Crippen LogP contribution in [0, 0.1) is 6.92 Å². The van der Waals surface area contributed by atoms with Crippen molar-refractivity contribution in [1.29, 1.82) is 0 Å². The Bertz CT molecular complexity index is 715. The third-order valence-electron chi connectivity index (χ3n) is 3.82. The normalized spacial score (nSPS) is 11.4. The van der Waals surface area contributed by atoms with Gasteiger partial charge in [-0.05, 0) is 55.5 Å². The summed E-state index contributed by atoms with van der Waals surface area (Å²) in [5.41, 5.74) is 1.04. The molecule has 142 valence electrons. The van der Waals surface area contributed by atoms with Gasteiger partial charge in [0, 0.05) is 12.3 Å². The molecular weight excluding hydrogens is 347 g/mol. The molecule has 4 nitrogen and oxygen atoms in total. The maximum Gasteiger partial charge on any atom is 0.417 e. The first-order chi connectivity index (χ1) is 12.3. The molecular formula is C19H22F3NO3. The molecule has 0 unspecified atom stereocenters. The molecule has 0 atom stereocenters. The van der Waals surface area contributed by atoms with E-state index >= 15 is 0 Å². The van der Waals surface area contributed by atoms with E-state index in [1.165, 1.54) is 6.07 Å². The standard InChI is InChI=1S/C19H22F3NO3/c1-3-14-11-16(24)10-13(2)18(14)26-9-5-4-8-25-17-7-6-15(12-23-17)19(20,21)22/h6-7,10-12,24H,3-5,8-9H2,1-2H3. The van der Waals surface area contributed by atoms with Crippen LogP contribution in [0.25, 0.3) is 0 Å². The summed E-state index contributed by atoms with van der Waals surface area (Å²) in [7, 11) is 0. The number of phenolic OH excluding ortho intramolecular Hbond substituents is 1. The van der Waals surface area contributed by atoms with Gasteiger partial charge in [-0.3, -0.25) is 0 Å². The second-order valence-electron chi connectivity index (χ2n) is 5.89. The monoisotopic (exact) mass is 369 g/mol. The van der Waals surface area contributed by atoms with Crippen LogP contribution in [0.3, 0.4) is 0 Å². The third-order valence-corrected chi connectivity index (χ3v) is 3.82. The number of unbranched alkanes of at least 4 members (excludes halogenated alkanes) is 1. The largest absolute Gasteiger partial charge is 0.508 e. The smallest absolute Gasteiger partial charge is 0.417 e. The summed E-state index contributed by atoms with van der Waals surface area (Å²) >= 11 is 0. The van der Waals surface area contributed by atoms with E-state index in [1.807, 2.05) is 13.8 Å². The van der Waals surface area contributed by atoms with Crippen LogP contribution in [0.5, 0.6) is 17.4 Å². The highest BCUT2D eigenvalue weighted by Crippen LogP contribution is 2.30. The van der Waals surface area contributed by atoms with Gasteiger partial charge < -0.3 is 14.6 Å². The number of hydrogen-bond donors (Lipinski definition) is 1. The molecule has 1 heterocycles. The minimum absolute atomic E-state index is 0.168. The minimum atomic E-state index is -4.40. The molecule has 0 bridgehead atoms. The summed E-state index contributed by atoms with van der Waals surface area (Å²) in [6.45, 7) is 4.71. The zero-order valence-electron chi connectivity index (χ0n) is 14.8. The first-order valence-electron chi connectivity index (χ1n) is 8.42. The van der Waals surface area contributed by atoms with E-state index in [0.29, 0.717) is 19.6 Å². The van der Waals surface area contributed by atoms with Crippen molar-refractivity contribution in [3.8, 4) is 17.4 Å². The summed E-state index contributed by atoms with van der Waals surface area (Å²) < 4.78 is 48.5. The Hall–Kier alpha value is -2.44. The van der Waals surface area contributed by atoms with E-state index in [2.05, 4.69) is 4.98 Å². The van der Waals surface area contributed by atoms with E-state index in [1.54, 1.807) is 12.1 Å². The Kier molecular flexibility index (Phi) is 6.71. The van der Waals surface area contributed by atoms with Gasteiger partial charge in [-0.15, -0.1) is 0 Å². The van der Waals surface area contributed by atoms with Gasteiger partial charge in [0.05, 0.1) is 18.8 Å². The van der Waals surface area contributed by atoms with Gasteiger partial charge in [0.2, 0.25) is 5.88 Å². The van der Waals surface area contributed by atoms with Gasteiger partial charge in [-0.25, -0.2) is 4.98 Å². The summed E-state index contributed by atoms with van der Waals surface area (Å²) in [4.78, 5) is 3.66. The van der Waals surface area contributed by atoms with Crippen LogP contribution in [-0.2, 0) is 12.6 Å². The number of aromatic nitrogens is 1. The number of aromatic hydroxyl groups is 1. The summed E-state index contributed by atoms with van der Waals surface area (Å²) in [5, 5.41) is 9.62. The Morgan fingerprint density at radius 2 is 1.77 bits per heavy atom. The molecule has 1 aromatic heterocycles. The lowest BCUT2D eigenvalue weighted by Crippen LogP contribution is -2.07. The fourth-order valence-electron chi connectivity index (χ4n) is 2.48. The molecule has 1 aromatic carbocycles. The molecule has 26 heavy (non-hydrogen) atoms. The fraction of sp³-hybridized carbons (Fsp3) is 0.421.